The van der Waals surface area contributed by atoms with Crippen LogP contribution in [0.5, 0.6) is 11.5 Å². The molecule has 5 N–H and O–H groups in total. The molecule has 3 aromatic rings. The summed E-state index contributed by atoms with van der Waals surface area (Å²) in [5.41, 5.74) is 5.23. The van der Waals surface area contributed by atoms with E-state index in [1.807, 2.05) is 0 Å². The fourth-order valence-electron chi connectivity index (χ4n) is 3.09. The van der Waals surface area contributed by atoms with Crippen LogP contribution in [0, 0.1) is 12.7 Å². The van der Waals surface area contributed by atoms with Crippen LogP contribution in [0.25, 0.3) is 0 Å². The van der Waals surface area contributed by atoms with Gasteiger partial charge < -0.3 is 25.9 Å². The van der Waals surface area contributed by atoms with Gasteiger partial charge in [-0.3, -0.25) is 14.9 Å². The van der Waals surface area contributed by atoms with E-state index in [-0.39, 0.29) is 36.2 Å². The third kappa shape index (κ3) is 7.67. The number of rotatable bonds is 9. The Morgan fingerprint density at radius 2 is 1.68 bits per heavy atom. The maximum absolute atomic E-state index is 13.5. The van der Waals surface area contributed by atoms with Gasteiger partial charge in [0.15, 0.2) is 0 Å². The maximum Gasteiger partial charge on any atom is 0.416 e. The second-order valence-electron chi connectivity index (χ2n) is 7.70. The molecule has 0 aliphatic rings. The quantitative estimate of drug-likeness (QED) is 0.0795. The molecule has 3 rings (SSSR count). The van der Waals surface area contributed by atoms with Gasteiger partial charge in [0, 0.05) is 17.9 Å². The van der Waals surface area contributed by atoms with E-state index in [0.717, 1.165) is 24.3 Å². The number of oxime groups is 1. The Labute approximate surface area is 214 Å². The van der Waals surface area contributed by atoms with Crippen molar-refractivity contribution < 1.29 is 36.7 Å². The van der Waals surface area contributed by atoms with Crippen molar-refractivity contribution in [1.29, 1.82) is 0 Å². The molecular formula is C25H23F4N5O4. The second-order valence-corrected chi connectivity index (χ2v) is 7.70. The number of ether oxygens (including phenoxy) is 1. The Kier molecular flexibility index (Phi) is 9.22. The summed E-state index contributed by atoms with van der Waals surface area (Å²) >= 11 is 0. The van der Waals surface area contributed by atoms with Crippen molar-refractivity contribution in [2.24, 2.45) is 10.9 Å². The highest BCUT2D eigenvalue weighted by atomic mass is 19.4. The highest BCUT2D eigenvalue weighted by Gasteiger charge is 2.32. The molecule has 38 heavy (non-hydrogen) atoms. The number of nitrogens with zero attached hydrogens (tertiary/aromatic N) is 1. The zero-order valence-corrected chi connectivity index (χ0v) is 19.9. The SMILES string of the molecule is Cc1cc(F)ccc1Oc1cc(C(F)(F)F)ccc1C(=O)Nc1ccc(NC(=NOCCN)NC=O)cc1. The van der Waals surface area contributed by atoms with Crippen LogP contribution < -0.4 is 26.4 Å². The predicted molar refractivity (Wildman–Crippen MR) is 132 cm³/mol. The summed E-state index contributed by atoms with van der Waals surface area (Å²) in [5.74, 6) is -1.56. The molecular weight excluding hydrogens is 510 g/mol. The topological polar surface area (TPSA) is 127 Å². The molecule has 0 aliphatic carbocycles. The van der Waals surface area contributed by atoms with E-state index in [9.17, 15) is 27.2 Å². The minimum atomic E-state index is -4.68. The summed E-state index contributed by atoms with van der Waals surface area (Å²) in [6, 6.07) is 12.1. The normalized spacial score (nSPS) is 11.5. The average Bonchev–Trinajstić information content (AvgIpc) is 2.86. The van der Waals surface area contributed by atoms with Crippen LogP contribution in [0.15, 0.2) is 65.8 Å². The van der Waals surface area contributed by atoms with Crippen molar-refractivity contribution >= 4 is 29.7 Å². The molecule has 0 atom stereocenters. The number of alkyl halides is 3. The molecule has 0 fully saturated rings. The summed E-state index contributed by atoms with van der Waals surface area (Å²) in [7, 11) is 0. The maximum atomic E-state index is 13.5. The number of amides is 2. The second kappa shape index (κ2) is 12.5. The van der Waals surface area contributed by atoms with Crippen LogP contribution in [-0.4, -0.2) is 31.4 Å². The molecule has 0 bridgehead atoms. The van der Waals surface area contributed by atoms with Gasteiger partial charge in [-0.25, -0.2) is 4.39 Å². The number of aryl methyl sites for hydroxylation is 1. The minimum Gasteiger partial charge on any atom is -0.456 e. The number of anilines is 2. The van der Waals surface area contributed by atoms with E-state index in [1.165, 1.54) is 25.1 Å². The van der Waals surface area contributed by atoms with Gasteiger partial charge >= 0.3 is 6.18 Å². The standard InChI is InChI=1S/C25H23F4N5O4/c1-15-12-17(26)3-9-21(15)38-22-13-16(25(27,28)29)2-8-20(22)23(36)32-18-4-6-19(7-5-18)33-24(31-14-35)34-37-11-10-30/h2-9,12-14H,10-11,30H2,1H3,(H,32,36)(H2,31,33,34,35). The third-order valence-corrected chi connectivity index (χ3v) is 4.88. The van der Waals surface area contributed by atoms with Crippen molar-refractivity contribution in [2.75, 3.05) is 23.8 Å². The van der Waals surface area contributed by atoms with Gasteiger partial charge in [-0.2, -0.15) is 13.2 Å². The van der Waals surface area contributed by atoms with Gasteiger partial charge in [0.25, 0.3) is 5.91 Å². The van der Waals surface area contributed by atoms with Crippen molar-refractivity contribution in [1.82, 2.24) is 5.32 Å². The molecule has 3 aromatic carbocycles. The van der Waals surface area contributed by atoms with Gasteiger partial charge in [-0.05, 0) is 78.3 Å². The summed E-state index contributed by atoms with van der Waals surface area (Å²) in [6.45, 7) is 1.88. The monoisotopic (exact) mass is 533 g/mol. The number of carbonyl (C=O) groups excluding carboxylic acids is 2. The number of guanidine groups is 1. The number of hydrogen-bond acceptors (Lipinski definition) is 6. The number of nitrogens with two attached hydrogens (primary N) is 1. The Morgan fingerprint density at radius 3 is 2.29 bits per heavy atom. The Bertz CT molecular complexity index is 1310. The van der Waals surface area contributed by atoms with Crippen LogP contribution in [0.4, 0.5) is 28.9 Å². The third-order valence-electron chi connectivity index (χ3n) is 4.88. The van der Waals surface area contributed by atoms with E-state index in [0.29, 0.717) is 29.4 Å². The number of hydrogen-bond donors (Lipinski definition) is 4. The largest absolute Gasteiger partial charge is 0.456 e. The summed E-state index contributed by atoms with van der Waals surface area (Å²) in [5, 5.41) is 11.4. The minimum absolute atomic E-state index is 0.00660. The molecule has 2 amide bonds. The van der Waals surface area contributed by atoms with Crippen LogP contribution in [0.3, 0.4) is 0 Å². The predicted octanol–water partition coefficient (Wildman–Crippen LogP) is 4.60. The number of halogens is 4. The van der Waals surface area contributed by atoms with Crippen LogP contribution >= 0.6 is 0 Å². The van der Waals surface area contributed by atoms with Gasteiger partial charge in [0.2, 0.25) is 12.4 Å². The molecule has 0 heterocycles. The van der Waals surface area contributed by atoms with E-state index >= 15 is 0 Å². The molecule has 200 valence electrons. The van der Waals surface area contributed by atoms with Crippen molar-refractivity contribution in [2.45, 2.75) is 13.1 Å². The highest BCUT2D eigenvalue weighted by molar-refractivity contribution is 6.06. The molecule has 0 unspecified atom stereocenters. The van der Waals surface area contributed by atoms with Crippen molar-refractivity contribution in [3.63, 3.8) is 0 Å². The molecule has 0 spiro atoms. The molecule has 0 aliphatic heterocycles. The first-order valence-corrected chi connectivity index (χ1v) is 11.0. The molecule has 0 saturated carbocycles. The van der Waals surface area contributed by atoms with Gasteiger partial charge in [-0.15, -0.1) is 0 Å². The number of benzene rings is 3. The fraction of sp³-hybridized carbons (Fsp3) is 0.160. The van der Waals surface area contributed by atoms with E-state index in [2.05, 4.69) is 21.1 Å². The molecule has 0 aromatic heterocycles. The van der Waals surface area contributed by atoms with Gasteiger partial charge in [0.1, 0.15) is 23.9 Å². The van der Waals surface area contributed by atoms with E-state index in [4.69, 9.17) is 15.3 Å². The van der Waals surface area contributed by atoms with E-state index < -0.39 is 23.5 Å². The lowest BCUT2D eigenvalue weighted by Gasteiger charge is -2.16. The van der Waals surface area contributed by atoms with E-state index in [1.54, 1.807) is 12.1 Å². The first-order chi connectivity index (χ1) is 18.1. The summed E-state index contributed by atoms with van der Waals surface area (Å²) in [6.07, 6.45) is -4.28. The zero-order chi connectivity index (χ0) is 27.7. The lowest BCUT2D eigenvalue weighted by molar-refractivity contribution is -0.137. The molecule has 9 nitrogen and oxygen atoms in total. The van der Waals surface area contributed by atoms with Gasteiger partial charge in [-0.1, -0.05) is 0 Å². The fourth-order valence-corrected chi connectivity index (χ4v) is 3.09. The Balaban J connectivity index is 1.81. The van der Waals surface area contributed by atoms with Gasteiger partial charge in [0.05, 0.1) is 11.1 Å². The van der Waals surface area contributed by atoms with Crippen molar-refractivity contribution in [3.05, 3.63) is 83.2 Å². The first kappa shape index (κ1) is 27.9. The zero-order valence-electron chi connectivity index (χ0n) is 19.9. The molecule has 0 radical (unpaired) electrons. The number of nitrogens with one attached hydrogen (secondary N) is 3. The van der Waals surface area contributed by atoms with Crippen LogP contribution in [-0.2, 0) is 15.8 Å². The summed E-state index contributed by atoms with van der Waals surface area (Å²) < 4.78 is 59.0. The average molecular weight is 533 g/mol. The lowest BCUT2D eigenvalue weighted by atomic mass is 10.1. The highest BCUT2D eigenvalue weighted by Crippen LogP contribution is 2.36. The first-order valence-electron chi connectivity index (χ1n) is 11.0. The van der Waals surface area contributed by atoms with Crippen molar-refractivity contribution in [3.8, 4) is 11.5 Å². The molecule has 13 heteroatoms. The smallest absolute Gasteiger partial charge is 0.416 e. The molecule has 0 saturated heterocycles. The summed E-state index contributed by atoms with van der Waals surface area (Å²) in [4.78, 5) is 28.6. The van der Waals surface area contributed by atoms with Crippen LogP contribution in [0.2, 0.25) is 0 Å². The number of carbonyl (C=O) groups is 2. The van der Waals surface area contributed by atoms with Crippen LogP contribution in [0.1, 0.15) is 21.5 Å². The Hall–Kier alpha value is -4.65. The Morgan fingerprint density at radius 1 is 1.00 bits per heavy atom. The lowest BCUT2D eigenvalue weighted by Crippen LogP contribution is -2.30.